The highest BCUT2D eigenvalue weighted by Gasteiger charge is 2.21. The monoisotopic (exact) mass is 282 g/mol. The molecule has 2 atom stereocenters. The van der Waals surface area contributed by atoms with E-state index in [9.17, 15) is 9.59 Å². The van der Waals surface area contributed by atoms with Crippen molar-refractivity contribution in [1.82, 2.24) is 10.6 Å². The maximum atomic E-state index is 11.7. The van der Waals surface area contributed by atoms with Gasteiger partial charge in [0.2, 0.25) is 5.91 Å². The largest absolute Gasteiger partial charge is 0.356 e. The summed E-state index contributed by atoms with van der Waals surface area (Å²) in [6.07, 6.45) is 7.87. The van der Waals surface area contributed by atoms with Crippen LogP contribution in [0.2, 0.25) is 0 Å². The molecule has 0 aromatic rings. The Bertz CT molecular complexity index is 303. The summed E-state index contributed by atoms with van der Waals surface area (Å²) in [7, 11) is 2.01. The third-order valence-electron chi connectivity index (χ3n) is 4.15. The van der Waals surface area contributed by atoms with Gasteiger partial charge in [-0.25, -0.2) is 0 Å². The fourth-order valence-electron chi connectivity index (χ4n) is 3.07. The maximum absolute atomic E-state index is 11.7. The summed E-state index contributed by atoms with van der Waals surface area (Å²) < 4.78 is 0. The molecule has 0 saturated heterocycles. The third kappa shape index (κ3) is 7.63. The van der Waals surface area contributed by atoms with E-state index in [-0.39, 0.29) is 11.7 Å². The molecule has 20 heavy (non-hydrogen) atoms. The van der Waals surface area contributed by atoms with Crippen LogP contribution in [0.3, 0.4) is 0 Å². The highest BCUT2D eigenvalue weighted by atomic mass is 16.1. The standard InChI is InChI=1S/C16H30N2O2/c1-13(19)6-3-4-9-16(20)18-12-15-8-5-7-14(10-15)11-17-2/h14-15,17H,3-12H2,1-2H3,(H,18,20). The van der Waals surface area contributed by atoms with Gasteiger partial charge in [0, 0.05) is 19.4 Å². The lowest BCUT2D eigenvalue weighted by molar-refractivity contribution is -0.122. The van der Waals surface area contributed by atoms with E-state index in [1.54, 1.807) is 6.92 Å². The highest BCUT2D eigenvalue weighted by Crippen LogP contribution is 2.28. The zero-order chi connectivity index (χ0) is 14.8. The van der Waals surface area contributed by atoms with Crippen LogP contribution in [-0.2, 0) is 9.59 Å². The second-order valence-corrected chi connectivity index (χ2v) is 6.17. The number of carbonyl (C=O) groups is 2. The van der Waals surface area contributed by atoms with E-state index in [4.69, 9.17) is 0 Å². The molecule has 0 aromatic carbocycles. The van der Waals surface area contributed by atoms with Gasteiger partial charge in [-0.05, 0) is 64.5 Å². The van der Waals surface area contributed by atoms with Crippen LogP contribution in [0.5, 0.6) is 0 Å². The van der Waals surface area contributed by atoms with E-state index in [1.165, 1.54) is 25.7 Å². The van der Waals surface area contributed by atoms with E-state index in [2.05, 4.69) is 10.6 Å². The number of nitrogens with one attached hydrogen (secondary N) is 2. The average Bonchev–Trinajstić information content (AvgIpc) is 2.42. The lowest BCUT2D eigenvalue weighted by Crippen LogP contribution is -2.33. The Morgan fingerprint density at radius 1 is 1.05 bits per heavy atom. The van der Waals surface area contributed by atoms with Gasteiger partial charge in [0.15, 0.2) is 0 Å². The minimum Gasteiger partial charge on any atom is -0.356 e. The van der Waals surface area contributed by atoms with Gasteiger partial charge in [-0.2, -0.15) is 0 Å². The Kier molecular flexibility index (Phi) is 8.51. The van der Waals surface area contributed by atoms with E-state index >= 15 is 0 Å². The number of rotatable bonds is 9. The van der Waals surface area contributed by atoms with Gasteiger partial charge in [0.1, 0.15) is 5.78 Å². The van der Waals surface area contributed by atoms with Gasteiger partial charge in [-0.1, -0.05) is 6.42 Å². The van der Waals surface area contributed by atoms with E-state index < -0.39 is 0 Å². The van der Waals surface area contributed by atoms with Crippen LogP contribution in [0, 0.1) is 11.8 Å². The number of carbonyl (C=O) groups excluding carboxylic acids is 2. The molecule has 1 rings (SSSR count). The van der Waals surface area contributed by atoms with Crippen molar-refractivity contribution in [3.05, 3.63) is 0 Å². The zero-order valence-electron chi connectivity index (χ0n) is 13.0. The number of Topliss-reactive ketones (excluding diaryl/α,β-unsaturated/α-hetero) is 1. The van der Waals surface area contributed by atoms with Gasteiger partial charge in [-0.15, -0.1) is 0 Å². The molecule has 0 radical (unpaired) electrons. The Hall–Kier alpha value is -0.900. The molecular weight excluding hydrogens is 252 g/mol. The summed E-state index contributed by atoms with van der Waals surface area (Å²) in [5.41, 5.74) is 0. The zero-order valence-corrected chi connectivity index (χ0v) is 13.0. The quantitative estimate of drug-likeness (QED) is 0.638. The summed E-state index contributed by atoms with van der Waals surface area (Å²) in [6, 6.07) is 0. The molecule has 1 amide bonds. The predicted molar refractivity (Wildman–Crippen MR) is 81.5 cm³/mol. The number of hydrogen-bond donors (Lipinski definition) is 2. The molecule has 2 unspecified atom stereocenters. The molecular formula is C16H30N2O2. The van der Waals surface area contributed by atoms with Crippen LogP contribution in [0.4, 0.5) is 0 Å². The summed E-state index contributed by atoms with van der Waals surface area (Å²) in [6.45, 7) is 3.52. The van der Waals surface area contributed by atoms with Crippen molar-refractivity contribution in [1.29, 1.82) is 0 Å². The number of ketones is 1. The fraction of sp³-hybridized carbons (Fsp3) is 0.875. The predicted octanol–water partition coefficient (Wildman–Crippen LogP) is 2.28. The van der Waals surface area contributed by atoms with Crippen LogP contribution in [0.15, 0.2) is 0 Å². The topological polar surface area (TPSA) is 58.2 Å². The Morgan fingerprint density at radius 3 is 2.35 bits per heavy atom. The molecule has 1 saturated carbocycles. The van der Waals surface area contributed by atoms with Crippen LogP contribution in [0.25, 0.3) is 0 Å². The molecule has 0 heterocycles. The SMILES string of the molecule is CNCC1CCCC(CNC(=O)CCCCC(C)=O)C1. The first-order valence-corrected chi connectivity index (χ1v) is 8.02. The van der Waals surface area contributed by atoms with Crippen molar-refractivity contribution in [2.45, 2.75) is 58.3 Å². The molecule has 1 aliphatic rings. The first-order valence-electron chi connectivity index (χ1n) is 8.02. The molecule has 4 heteroatoms. The minimum atomic E-state index is 0.143. The third-order valence-corrected chi connectivity index (χ3v) is 4.15. The van der Waals surface area contributed by atoms with Crippen molar-refractivity contribution >= 4 is 11.7 Å². The fourth-order valence-corrected chi connectivity index (χ4v) is 3.07. The maximum Gasteiger partial charge on any atom is 0.220 e. The molecule has 4 nitrogen and oxygen atoms in total. The summed E-state index contributed by atoms with van der Waals surface area (Å²) >= 11 is 0. The lowest BCUT2D eigenvalue weighted by atomic mass is 9.81. The van der Waals surface area contributed by atoms with Gasteiger partial charge < -0.3 is 15.4 Å². The summed E-state index contributed by atoms with van der Waals surface area (Å²) in [4.78, 5) is 22.5. The van der Waals surface area contributed by atoms with Crippen LogP contribution >= 0.6 is 0 Å². The molecule has 116 valence electrons. The second kappa shape index (κ2) is 9.92. The minimum absolute atomic E-state index is 0.143. The molecule has 1 fully saturated rings. The highest BCUT2D eigenvalue weighted by molar-refractivity contribution is 5.76. The van der Waals surface area contributed by atoms with E-state index in [0.29, 0.717) is 18.8 Å². The molecule has 0 aromatic heterocycles. The van der Waals surface area contributed by atoms with Gasteiger partial charge in [0.25, 0.3) is 0 Å². The van der Waals surface area contributed by atoms with Crippen molar-refractivity contribution in [3.63, 3.8) is 0 Å². The Labute approximate surface area is 123 Å². The number of unbranched alkanes of at least 4 members (excludes halogenated alkanes) is 1. The number of hydrogen-bond acceptors (Lipinski definition) is 3. The van der Waals surface area contributed by atoms with Gasteiger partial charge in [0.05, 0.1) is 0 Å². The van der Waals surface area contributed by atoms with Crippen LogP contribution in [-0.4, -0.2) is 31.8 Å². The normalized spacial score (nSPS) is 22.5. The van der Waals surface area contributed by atoms with Gasteiger partial charge >= 0.3 is 0 Å². The van der Waals surface area contributed by atoms with Crippen molar-refractivity contribution in [2.24, 2.45) is 11.8 Å². The summed E-state index contributed by atoms with van der Waals surface area (Å²) in [5, 5.41) is 6.31. The first-order chi connectivity index (χ1) is 9.61. The average molecular weight is 282 g/mol. The first kappa shape index (κ1) is 17.2. The molecule has 1 aliphatic carbocycles. The Morgan fingerprint density at radius 2 is 1.70 bits per heavy atom. The molecule has 0 spiro atoms. The number of amides is 1. The molecule has 2 N–H and O–H groups in total. The van der Waals surface area contributed by atoms with Crippen molar-refractivity contribution in [2.75, 3.05) is 20.1 Å². The van der Waals surface area contributed by atoms with E-state index in [1.807, 2.05) is 7.05 Å². The Balaban J connectivity index is 2.09. The van der Waals surface area contributed by atoms with Crippen molar-refractivity contribution in [3.8, 4) is 0 Å². The van der Waals surface area contributed by atoms with Crippen LogP contribution in [0.1, 0.15) is 58.3 Å². The van der Waals surface area contributed by atoms with Crippen molar-refractivity contribution < 1.29 is 9.59 Å². The smallest absolute Gasteiger partial charge is 0.220 e. The van der Waals surface area contributed by atoms with Crippen LogP contribution < -0.4 is 10.6 Å². The molecule has 0 bridgehead atoms. The van der Waals surface area contributed by atoms with E-state index in [0.717, 1.165) is 31.8 Å². The van der Waals surface area contributed by atoms with Gasteiger partial charge in [-0.3, -0.25) is 4.79 Å². The molecule has 0 aliphatic heterocycles. The summed E-state index contributed by atoms with van der Waals surface area (Å²) in [5.74, 6) is 1.77. The lowest BCUT2D eigenvalue weighted by Gasteiger charge is -2.29. The second-order valence-electron chi connectivity index (χ2n) is 6.17.